The lowest BCUT2D eigenvalue weighted by Crippen LogP contribution is -2.38. The topological polar surface area (TPSA) is 32.3 Å². The lowest BCUT2D eigenvalue weighted by molar-refractivity contribution is -0.129. The molecule has 19 heavy (non-hydrogen) atoms. The monoisotopic (exact) mass is 258 g/mol. The highest BCUT2D eigenvalue weighted by Gasteiger charge is 2.38. The zero-order valence-corrected chi connectivity index (χ0v) is 11.6. The van der Waals surface area contributed by atoms with E-state index in [2.05, 4.69) is 24.4 Å². The summed E-state index contributed by atoms with van der Waals surface area (Å²) in [5, 5.41) is 3.34. The Hall–Kier alpha value is -1.35. The lowest BCUT2D eigenvalue weighted by Gasteiger charge is -2.33. The van der Waals surface area contributed by atoms with E-state index in [0.29, 0.717) is 12.0 Å². The summed E-state index contributed by atoms with van der Waals surface area (Å²) in [6, 6.07) is 10.3. The largest absolute Gasteiger partial charge is 0.321 e. The van der Waals surface area contributed by atoms with E-state index >= 15 is 0 Å². The average Bonchev–Trinajstić information content (AvgIpc) is 2.99. The molecule has 2 aliphatic rings. The molecule has 0 aromatic heterocycles. The van der Waals surface area contributed by atoms with E-state index in [9.17, 15) is 4.79 Å². The molecule has 0 spiro atoms. The quantitative estimate of drug-likeness (QED) is 0.904. The minimum atomic E-state index is 0.0612. The summed E-state index contributed by atoms with van der Waals surface area (Å²) in [4.78, 5) is 14.2. The fourth-order valence-corrected chi connectivity index (χ4v) is 3.45. The van der Waals surface area contributed by atoms with Gasteiger partial charge in [-0.15, -0.1) is 0 Å². The highest BCUT2D eigenvalue weighted by atomic mass is 16.2. The molecule has 1 saturated carbocycles. The van der Waals surface area contributed by atoms with Crippen LogP contribution >= 0.6 is 0 Å². The second-order valence-electron chi connectivity index (χ2n) is 6.23. The van der Waals surface area contributed by atoms with Crippen LogP contribution in [0.15, 0.2) is 30.3 Å². The van der Waals surface area contributed by atoms with Gasteiger partial charge in [0.15, 0.2) is 0 Å². The summed E-state index contributed by atoms with van der Waals surface area (Å²) in [5.74, 6) is 0.238. The molecule has 3 rings (SSSR count). The number of benzene rings is 1. The van der Waals surface area contributed by atoms with Crippen molar-refractivity contribution in [2.45, 2.75) is 38.8 Å². The Labute approximate surface area is 115 Å². The van der Waals surface area contributed by atoms with Crippen molar-refractivity contribution < 1.29 is 4.79 Å². The van der Waals surface area contributed by atoms with Crippen LogP contribution < -0.4 is 5.32 Å². The number of hydrogen-bond acceptors (Lipinski definition) is 2. The molecule has 0 bridgehead atoms. The summed E-state index contributed by atoms with van der Waals surface area (Å²) >= 11 is 0. The van der Waals surface area contributed by atoms with Crippen LogP contribution in [0.3, 0.4) is 0 Å². The van der Waals surface area contributed by atoms with Crippen LogP contribution in [0.5, 0.6) is 0 Å². The van der Waals surface area contributed by atoms with E-state index in [1.165, 1.54) is 31.2 Å². The Balaban J connectivity index is 1.79. The Kier molecular flexibility index (Phi) is 3.31. The van der Waals surface area contributed by atoms with Crippen molar-refractivity contribution in [2.24, 2.45) is 5.41 Å². The third-order valence-corrected chi connectivity index (χ3v) is 4.56. The maximum Gasteiger partial charge on any atom is 0.238 e. The zero-order chi connectivity index (χ0) is 13.3. The molecule has 1 aliphatic heterocycles. The van der Waals surface area contributed by atoms with E-state index in [-0.39, 0.29) is 12.1 Å². The van der Waals surface area contributed by atoms with Crippen molar-refractivity contribution in [3.8, 4) is 0 Å². The second-order valence-corrected chi connectivity index (χ2v) is 6.23. The van der Waals surface area contributed by atoms with Crippen molar-refractivity contribution in [3.05, 3.63) is 35.9 Å². The van der Waals surface area contributed by atoms with Gasteiger partial charge in [-0.05, 0) is 23.8 Å². The van der Waals surface area contributed by atoms with Crippen molar-refractivity contribution in [3.63, 3.8) is 0 Å². The Morgan fingerprint density at radius 2 is 1.95 bits per heavy atom. The van der Waals surface area contributed by atoms with Crippen molar-refractivity contribution in [2.75, 3.05) is 13.1 Å². The van der Waals surface area contributed by atoms with Crippen LogP contribution in [0.4, 0.5) is 0 Å². The van der Waals surface area contributed by atoms with Crippen LogP contribution in [0.2, 0.25) is 0 Å². The van der Waals surface area contributed by atoms with E-state index in [0.717, 1.165) is 6.54 Å². The fourth-order valence-electron chi connectivity index (χ4n) is 3.45. The van der Waals surface area contributed by atoms with Gasteiger partial charge >= 0.3 is 0 Å². The molecule has 2 fully saturated rings. The standard InChI is InChI=1S/C16H22N2O/c1-16(9-5-6-10-16)12-18-14(19)11-17-15(18)13-7-3-2-4-8-13/h2-4,7-8,15,17H,5-6,9-12H2,1H3. The van der Waals surface area contributed by atoms with Gasteiger partial charge in [-0.2, -0.15) is 0 Å². The SMILES string of the molecule is CC1(CN2C(=O)CNC2c2ccccc2)CCCC1. The van der Waals surface area contributed by atoms with Gasteiger partial charge in [0.2, 0.25) is 5.91 Å². The first-order valence-corrected chi connectivity index (χ1v) is 7.26. The molecular formula is C16H22N2O. The molecule has 1 atom stereocenters. The molecule has 3 nitrogen and oxygen atoms in total. The molecule has 3 heteroatoms. The molecule has 1 N–H and O–H groups in total. The van der Waals surface area contributed by atoms with E-state index in [4.69, 9.17) is 0 Å². The van der Waals surface area contributed by atoms with Gasteiger partial charge in [0.25, 0.3) is 0 Å². The maximum atomic E-state index is 12.2. The maximum absolute atomic E-state index is 12.2. The number of rotatable bonds is 3. The molecular weight excluding hydrogens is 236 g/mol. The van der Waals surface area contributed by atoms with Gasteiger partial charge in [-0.25, -0.2) is 0 Å². The average molecular weight is 258 g/mol. The molecule has 1 heterocycles. The molecule has 1 aromatic carbocycles. The van der Waals surface area contributed by atoms with E-state index < -0.39 is 0 Å². The first kappa shape index (κ1) is 12.7. The molecule has 1 unspecified atom stereocenters. The van der Waals surface area contributed by atoms with Crippen molar-refractivity contribution in [1.29, 1.82) is 0 Å². The Morgan fingerprint density at radius 1 is 1.26 bits per heavy atom. The minimum Gasteiger partial charge on any atom is -0.321 e. The normalized spacial score (nSPS) is 26.1. The van der Waals surface area contributed by atoms with Crippen molar-refractivity contribution >= 4 is 5.91 Å². The fraction of sp³-hybridized carbons (Fsp3) is 0.562. The van der Waals surface area contributed by atoms with Gasteiger partial charge in [0, 0.05) is 6.54 Å². The Bertz CT molecular complexity index is 451. The lowest BCUT2D eigenvalue weighted by atomic mass is 9.88. The van der Waals surface area contributed by atoms with E-state index in [1.807, 2.05) is 23.1 Å². The summed E-state index contributed by atoms with van der Waals surface area (Å²) in [6.45, 7) is 3.68. The Morgan fingerprint density at radius 3 is 2.63 bits per heavy atom. The number of carbonyl (C=O) groups is 1. The predicted molar refractivity (Wildman–Crippen MR) is 75.5 cm³/mol. The van der Waals surface area contributed by atoms with Gasteiger partial charge in [0.05, 0.1) is 6.54 Å². The molecule has 1 aromatic rings. The second kappa shape index (κ2) is 4.97. The third kappa shape index (κ3) is 2.52. The molecule has 1 amide bonds. The summed E-state index contributed by atoms with van der Waals surface area (Å²) in [7, 11) is 0. The van der Waals surface area contributed by atoms with Crippen LogP contribution in [-0.4, -0.2) is 23.9 Å². The number of nitrogens with one attached hydrogen (secondary N) is 1. The van der Waals surface area contributed by atoms with Crippen molar-refractivity contribution in [1.82, 2.24) is 10.2 Å². The predicted octanol–water partition coefficient (Wildman–Crippen LogP) is 2.70. The third-order valence-electron chi connectivity index (χ3n) is 4.56. The summed E-state index contributed by atoms with van der Waals surface area (Å²) in [6.07, 6.45) is 5.17. The zero-order valence-electron chi connectivity index (χ0n) is 11.6. The molecule has 1 aliphatic carbocycles. The van der Waals surface area contributed by atoms with Crippen LogP contribution in [-0.2, 0) is 4.79 Å². The summed E-state index contributed by atoms with van der Waals surface area (Å²) in [5.41, 5.74) is 1.50. The van der Waals surface area contributed by atoms with Gasteiger partial charge in [0.1, 0.15) is 6.17 Å². The summed E-state index contributed by atoms with van der Waals surface area (Å²) < 4.78 is 0. The van der Waals surface area contributed by atoms with Gasteiger partial charge in [-0.1, -0.05) is 50.1 Å². The van der Waals surface area contributed by atoms with Gasteiger partial charge in [-0.3, -0.25) is 10.1 Å². The highest BCUT2D eigenvalue weighted by molar-refractivity contribution is 5.81. The number of hydrogen-bond donors (Lipinski definition) is 1. The van der Waals surface area contributed by atoms with Gasteiger partial charge < -0.3 is 4.90 Å². The molecule has 0 radical (unpaired) electrons. The molecule has 102 valence electrons. The minimum absolute atomic E-state index is 0.0612. The number of carbonyl (C=O) groups excluding carboxylic acids is 1. The highest BCUT2D eigenvalue weighted by Crippen LogP contribution is 2.40. The first-order valence-electron chi connectivity index (χ1n) is 7.26. The smallest absolute Gasteiger partial charge is 0.238 e. The van der Waals surface area contributed by atoms with Crippen LogP contribution in [0.25, 0.3) is 0 Å². The number of nitrogens with zero attached hydrogens (tertiary/aromatic N) is 1. The number of amides is 1. The van der Waals surface area contributed by atoms with Crippen LogP contribution in [0, 0.1) is 5.41 Å². The van der Waals surface area contributed by atoms with E-state index in [1.54, 1.807) is 0 Å². The first-order chi connectivity index (χ1) is 9.18. The van der Waals surface area contributed by atoms with Crippen LogP contribution in [0.1, 0.15) is 44.3 Å². The molecule has 1 saturated heterocycles.